The van der Waals surface area contributed by atoms with Crippen LogP contribution in [0.3, 0.4) is 0 Å². The Morgan fingerprint density at radius 1 is 0.725 bits per heavy atom. The topological polar surface area (TPSA) is 159 Å². The van der Waals surface area contributed by atoms with E-state index in [1.807, 2.05) is 0 Å². The van der Waals surface area contributed by atoms with Gasteiger partial charge in [-0.3, -0.25) is 19.4 Å². The zero-order valence-electron chi connectivity index (χ0n) is 29.8. The van der Waals surface area contributed by atoms with Crippen LogP contribution >= 0.6 is 0 Å². The molecule has 3 fully saturated rings. The smallest absolute Gasteiger partial charge is 0.411 e. The molecule has 6 rings (SSSR count). The molecule has 2 bridgehead atoms. The summed E-state index contributed by atoms with van der Waals surface area (Å²) in [7, 11) is 0. The van der Waals surface area contributed by atoms with Crippen molar-refractivity contribution in [3.63, 3.8) is 0 Å². The number of furan rings is 1. The van der Waals surface area contributed by atoms with Crippen LogP contribution in [0, 0.1) is 5.92 Å². The van der Waals surface area contributed by atoms with Gasteiger partial charge >= 0.3 is 24.1 Å². The zero-order chi connectivity index (χ0) is 36.8. The van der Waals surface area contributed by atoms with E-state index >= 15 is 0 Å². The summed E-state index contributed by atoms with van der Waals surface area (Å²) < 4.78 is 27.7. The van der Waals surface area contributed by atoms with Crippen LogP contribution in [0.4, 0.5) is 9.59 Å². The molecule has 272 valence electrons. The van der Waals surface area contributed by atoms with Gasteiger partial charge in [-0.2, -0.15) is 0 Å². The van der Waals surface area contributed by atoms with Crippen molar-refractivity contribution in [3.05, 3.63) is 47.5 Å². The third-order valence-corrected chi connectivity index (χ3v) is 9.39. The molecule has 1 aromatic heterocycles. The van der Waals surface area contributed by atoms with Crippen molar-refractivity contribution in [2.45, 2.75) is 103 Å². The number of hydrogen-bond acceptors (Lipinski definition) is 11. The predicted molar refractivity (Wildman–Crippen MR) is 183 cm³/mol. The molecule has 1 aliphatic carbocycles. The molecule has 0 spiro atoms. The molecule has 51 heavy (non-hydrogen) atoms. The van der Waals surface area contributed by atoms with E-state index < -0.39 is 72.2 Å². The number of amides is 2. The first-order valence-electron chi connectivity index (χ1n) is 17.4. The number of hydrogen-bond donors (Lipinski definition) is 0. The molecule has 0 unspecified atom stereocenters. The standard InChI is InChI=1S/C38H44N2O11/c1-37(2,3)50-35(45)39-15-7-8-27(39)33(43)47-19-28(41)21-10-13-25-26-14-11-22(18-31(26)49-30(25)17-21)29(42)20-48-34(44)32-23-9-12-24(16-23)40(32)36(46)51-38(4,5)6/h10-11,13-14,17-18,23-24,27,32H,7-9,12,15-16,19-20H2,1-6H3/t23-,24+,27-,32-/m0/s1. The Kier molecular flexibility index (Phi) is 9.60. The van der Waals surface area contributed by atoms with Gasteiger partial charge in [0.2, 0.25) is 0 Å². The molecule has 3 heterocycles. The summed E-state index contributed by atoms with van der Waals surface area (Å²) >= 11 is 0. The van der Waals surface area contributed by atoms with Crippen molar-refractivity contribution in [2.75, 3.05) is 19.8 Å². The maximum Gasteiger partial charge on any atom is 0.411 e. The Morgan fingerprint density at radius 3 is 1.84 bits per heavy atom. The number of carbonyl (C=O) groups excluding carboxylic acids is 6. The largest absolute Gasteiger partial charge is 0.456 e. The fourth-order valence-corrected chi connectivity index (χ4v) is 7.16. The van der Waals surface area contributed by atoms with E-state index in [1.54, 1.807) is 77.9 Å². The average molecular weight is 705 g/mol. The van der Waals surface area contributed by atoms with Crippen molar-refractivity contribution in [2.24, 2.45) is 5.92 Å². The lowest BCUT2D eigenvalue weighted by Gasteiger charge is -2.35. The lowest BCUT2D eigenvalue weighted by atomic mass is 9.99. The summed E-state index contributed by atoms with van der Waals surface area (Å²) in [5.41, 5.74) is -0.118. The van der Waals surface area contributed by atoms with Crippen LogP contribution in [0.1, 0.15) is 94.4 Å². The SMILES string of the molecule is CC(C)(C)OC(=O)N1CCC[C@H]1C(=O)OCC(=O)c1ccc2c(c1)oc1cc(C(=O)COC(=O)[C@@H]3[C@H]4CC[C@H](C4)N3C(=O)OC(C)(C)C)ccc12. The lowest BCUT2D eigenvalue weighted by molar-refractivity contribution is -0.150. The number of fused-ring (bicyclic) bond motifs is 5. The first-order valence-corrected chi connectivity index (χ1v) is 17.4. The van der Waals surface area contributed by atoms with E-state index in [1.165, 1.54) is 9.80 Å². The zero-order valence-corrected chi connectivity index (χ0v) is 29.8. The van der Waals surface area contributed by atoms with Crippen LogP contribution in [0.5, 0.6) is 0 Å². The van der Waals surface area contributed by atoms with Gasteiger partial charge in [-0.1, -0.05) is 12.1 Å². The molecule has 13 heteroatoms. The molecule has 2 aromatic carbocycles. The Bertz CT molecular complexity index is 1900. The van der Waals surface area contributed by atoms with Crippen LogP contribution in [-0.2, 0) is 28.5 Å². The van der Waals surface area contributed by atoms with E-state index in [9.17, 15) is 28.8 Å². The van der Waals surface area contributed by atoms with Gasteiger partial charge in [0.05, 0.1) is 0 Å². The minimum Gasteiger partial charge on any atom is -0.456 e. The first-order chi connectivity index (χ1) is 24.0. The summed E-state index contributed by atoms with van der Waals surface area (Å²) in [6.45, 7) is 9.87. The third-order valence-electron chi connectivity index (χ3n) is 9.39. The molecule has 0 radical (unpaired) electrons. The molecule has 2 aliphatic heterocycles. The van der Waals surface area contributed by atoms with Crippen LogP contribution < -0.4 is 0 Å². The van der Waals surface area contributed by atoms with Gasteiger partial charge in [0.25, 0.3) is 0 Å². The quantitative estimate of drug-likeness (QED) is 0.149. The van der Waals surface area contributed by atoms with Crippen molar-refractivity contribution in [3.8, 4) is 0 Å². The maximum absolute atomic E-state index is 13.2. The Morgan fingerprint density at radius 2 is 1.27 bits per heavy atom. The fourth-order valence-electron chi connectivity index (χ4n) is 7.16. The normalized spacial score (nSPS) is 21.6. The number of piperidine rings is 1. The minimum absolute atomic E-state index is 0.0392. The van der Waals surface area contributed by atoms with E-state index in [0.29, 0.717) is 47.7 Å². The predicted octanol–water partition coefficient (Wildman–Crippen LogP) is 6.23. The first kappa shape index (κ1) is 35.9. The Hall–Kier alpha value is -4.94. The number of ether oxygens (including phenoxy) is 4. The van der Waals surface area contributed by atoms with Gasteiger partial charge in [-0.05, 0) is 104 Å². The van der Waals surface area contributed by atoms with Gasteiger partial charge < -0.3 is 23.4 Å². The summed E-state index contributed by atoms with van der Waals surface area (Å²) in [5.74, 6) is -2.23. The number of ketones is 2. The molecule has 1 saturated carbocycles. The van der Waals surface area contributed by atoms with Crippen LogP contribution in [-0.4, -0.2) is 94.6 Å². The highest BCUT2D eigenvalue weighted by atomic mass is 16.6. The molecule has 2 saturated heterocycles. The summed E-state index contributed by atoms with van der Waals surface area (Å²) in [6.07, 6.45) is 2.17. The van der Waals surface area contributed by atoms with E-state index in [2.05, 4.69) is 0 Å². The number of esters is 2. The highest BCUT2D eigenvalue weighted by molar-refractivity contribution is 6.10. The highest BCUT2D eigenvalue weighted by Crippen LogP contribution is 2.43. The highest BCUT2D eigenvalue weighted by Gasteiger charge is 2.53. The lowest BCUT2D eigenvalue weighted by Crippen LogP contribution is -2.51. The van der Waals surface area contributed by atoms with Gasteiger partial charge in [0.1, 0.15) is 34.5 Å². The van der Waals surface area contributed by atoms with E-state index in [0.717, 1.165) is 12.8 Å². The molecule has 0 N–H and O–H groups in total. The second kappa shape index (κ2) is 13.6. The number of benzene rings is 2. The van der Waals surface area contributed by atoms with E-state index in [-0.39, 0.29) is 23.1 Å². The van der Waals surface area contributed by atoms with Crippen LogP contribution in [0.2, 0.25) is 0 Å². The molecule has 2 amide bonds. The second-order valence-corrected chi connectivity index (χ2v) is 15.5. The van der Waals surface area contributed by atoms with Crippen molar-refractivity contribution >= 4 is 57.6 Å². The number of rotatable bonds is 8. The van der Waals surface area contributed by atoms with Gasteiger partial charge in [0, 0.05) is 34.5 Å². The van der Waals surface area contributed by atoms with Gasteiger partial charge in [-0.25, -0.2) is 19.2 Å². The number of carbonyl (C=O) groups is 6. The van der Waals surface area contributed by atoms with Crippen LogP contribution in [0.25, 0.3) is 21.9 Å². The molecular weight excluding hydrogens is 660 g/mol. The van der Waals surface area contributed by atoms with Crippen molar-refractivity contribution in [1.82, 2.24) is 9.80 Å². The number of nitrogens with zero attached hydrogens (tertiary/aromatic N) is 2. The summed E-state index contributed by atoms with van der Waals surface area (Å²) in [5, 5.41) is 1.42. The monoisotopic (exact) mass is 704 g/mol. The number of likely N-dealkylation sites (tertiary alicyclic amines) is 2. The summed E-state index contributed by atoms with van der Waals surface area (Å²) in [4.78, 5) is 80.4. The van der Waals surface area contributed by atoms with Crippen LogP contribution in [0.15, 0.2) is 40.8 Å². The average Bonchev–Trinajstić information content (AvgIpc) is 3.86. The molecular formula is C38H44N2O11. The Balaban J connectivity index is 1.07. The van der Waals surface area contributed by atoms with Gasteiger partial charge in [0.15, 0.2) is 24.8 Å². The fraction of sp³-hybridized carbons (Fsp3) is 0.526. The second-order valence-electron chi connectivity index (χ2n) is 15.5. The van der Waals surface area contributed by atoms with Gasteiger partial charge in [-0.15, -0.1) is 0 Å². The Labute approximate surface area is 295 Å². The van der Waals surface area contributed by atoms with Crippen molar-refractivity contribution < 1.29 is 52.1 Å². The third kappa shape index (κ3) is 7.72. The minimum atomic E-state index is -0.823. The number of Topliss-reactive ketones (excluding diaryl/α,β-unsaturated/α-hetero) is 2. The molecule has 13 nitrogen and oxygen atoms in total. The maximum atomic E-state index is 13.2. The van der Waals surface area contributed by atoms with E-state index in [4.69, 9.17) is 23.4 Å². The van der Waals surface area contributed by atoms with Crippen molar-refractivity contribution in [1.29, 1.82) is 0 Å². The summed E-state index contributed by atoms with van der Waals surface area (Å²) in [6, 6.07) is 8.04. The molecule has 3 aliphatic rings. The molecule has 4 atom stereocenters. The molecule has 3 aromatic rings.